The van der Waals surface area contributed by atoms with Crippen LogP contribution in [0.25, 0.3) is 11.1 Å². The smallest absolute Gasteiger partial charge is 0.336 e. The van der Waals surface area contributed by atoms with E-state index in [4.69, 9.17) is 9.72 Å². The number of benzene rings is 2. The number of hydrogen-bond acceptors (Lipinski definition) is 3. The van der Waals surface area contributed by atoms with Crippen LogP contribution in [0.3, 0.4) is 0 Å². The van der Waals surface area contributed by atoms with Crippen molar-refractivity contribution >= 4 is 5.97 Å². The Balaban J connectivity index is 1.53. The first kappa shape index (κ1) is 19.2. The number of carboxylic acids is 1. The van der Waals surface area contributed by atoms with Crippen LogP contribution in [-0.2, 0) is 25.9 Å². The predicted octanol–water partition coefficient (Wildman–Crippen LogP) is 5.47. The number of carbonyl (C=O) groups is 1. The SMILES string of the molecule is CCc1cc(OCc2ccc(-c3ccccc3C(=O)O)cc2)c2c(n1)CCCC2. The van der Waals surface area contributed by atoms with Crippen molar-refractivity contribution in [3.63, 3.8) is 0 Å². The van der Waals surface area contributed by atoms with Gasteiger partial charge in [-0.1, -0.05) is 49.4 Å². The summed E-state index contributed by atoms with van der Waals surface area (Å²) in [4.78, 5) is 16.3. The minimum absolute atomic E-state index is 0.312. The molecule has 0 saturated carbocycles. The van der Waals surface area contributed by atoms with Gasteiger partial charge in [-0.2, -0.15) is 0 Å². The van der Waals surface area contributed by atoms with E-state index in [-0.39, 0.29) is 0 Å². The van der Waals surface area contributed by atoms with Gasteiger partial charge < -0.3 is 9.84 Å². The van der Waals surface area contributed by atoms with Gasteiger partial charge in [-0.3, -0.25) is 4.98 Å². The summed E-state index contributed by atoms with van der Waals surface area (Å²) >= 11 is 0. The number of nitrogens with zero attached hydrogens (tertiary/aromatic N) is 1. The van der Waals surface area contributed by atoms with E-state index in [0.717, 1.165) is 47.4 Å². The van der Waals surface area contributed by atoms with E-state index in [0.29, 0.717) is 12.2 Å². The molecule has 1 aliphatic carbocycles. The molecular weight excluding hydrogens is 362 g/mol. The average Bonchev–Trinajstić information content (AvgIpc) is 2.77. The minimum atomic E-state index is -0.915. The van der Waals surface area contributed by atoms with Crippen LogP contribution in [0.15, 0.2) is 54.6 Å². The summed E-state index contributed by atoms with van der Waals surface area (Å²) < 4.78 is 6.21. The molecule has 0 radical (unpaired) electrons. The van der Waals surface area contributed by atoms with Gasteiger partial charge in [0.2, 0.25) is 0 Å². The number of pyridine rings is 1. The molecule has 0 atom stereocenters. The number of aromatic carboxylic acids is 1. The van der Waals surface area contributed by atoms with E-state index in [1.807, 2.05) is 36.4 Å². The Labute approximate surface area is 171 Å². The summed E-state index contributed by atoms with van der Waals surface area (Å²) in [7, 11) is 0. The lowest BCUT2D eigenvalue weighted by atomic mass is 9.94. The predicted molar refractivity (Wildman–Crippen MR) is 113 cm³/mol. The topological polar surface area (TPSA) is 59.4 Å². The van der Waals surface area contributed by atoms with Crippen molar-refractivity contribution in [2.45, 2.75) is 45.6 Å². The van der Waals surface area contributed by atoms with Crippen LogP contribution in [0, 0.1) is 0 Å². The van der Waals surface area contributed by atoms with Crippen LogP contribution in [-0.4, -0.2) is 16.1 Å². The maximum Gasteiger partial charge on any atom is 0.336 e. The van der Waals surface area contributed by atoms with Crippen LogP contribution in [0.2, 0.25) is 0 Å². The molecule has 4 nitrogen and oxygen atoms in total. The summed E-state index contributed by atoms with van der Waals surface area (Å²) in [6.07, 6.45) is 5.37. The maximum absolute atomic E-state index is 11.5. The van der Waals surface area contributed by atoms with Crippen molar-refractivity contribution in [3.8, 4) is 16.9 Å². The zero-order valence-corrected chi connectivity index (χ0v) is 16.6. The lowest BCUT2D eigenvalue weighted by Crippen LogP contribution is -2.10. The summed E-state index contributed by atoms with van der Waals surface area (Å²) in [6, 6.07) is 17.1. The van der Waals surface area contributed by atoms with Crippen molar-refractivity contribution in [3.05, 3.63) is 82.7 Å². The Hall–Kier alpha value is -3.14. The van der Waals surface area contributed by atoms with E-state index in [9.17, 15) is 9.90 Å². The quantitative estimate of drug-likeness (QED) is 0.609. The third-order valence-corrected chi connectivity index (χ3v) is 5.49. The number of fused-ring (bicyclic) bond motifs is 1. The Morgan fingerprint density at radius 1 is 1.07 bits per heavy atom. The fourth-order valence-corrected chi connectivity index (χ4v) is 3.90. The Morgan fingerprint density at radius 2 is 1.83 bits per heavy atom. The molecule has 0 bridgehead atoms. The average molecular weight is 387 g/mol. The number of aromatic nitrogens is 1. The zero-order valence-electron chi connectivity index (χ0n) is 16.6. The highest BCUT2D eigenvalue weighted by Gasteiger charge is 2.17. The van der Waals surface area contributed by atoms with Crippen LogP contribution >= 0.6 is 0 Å². The summed E-state index contributed by atoms with van der Waals surface area (Å²) in [6.45, 7) is 2.61. The molecule has 0 spiro atoms. The van der Waals surface area contributed by atoms with Gasteiger partial charge in [0.25, 0.3) is 0 Å². The number of rotatable bonds is 6. The van der Waals surface area contributed by atoms with Gasteiger partial charge in [-0.25, -0.2) is 4.79 Å². The lowest BCUT2D eigenvalue weighted by Gasteiger charge is -2.20. The molecule has 4 heteroatoms. The first-order valence-electron chi connectivity index (χ1n) is 10.2. The molecule has 2 aromatic carbocycles. The fraction of sp³-hybridized carbons (Fsp3) is 0.280. The van der Waals surface area contributed by atoms with Crippen molar-refractivity contribution in [1.82, 2.24) is 4.98 Å². The summed E-state index contributed by atoms with van der Waals surface area (Å²) in [5, 5.41) is 9.41. The van der Waals surface area contributed by atoms with Gasteiger partial charge in [0.1, 0.15) is 12.4 Å². The first-order chi connectivity index (χ1) is 14.2. The summed E-state index contributed by atoms with van der Waals surface area (Å²) in [5.74, 6) is 0.0500. The first-order valence-corrected chi connectivity index (χ1v) is 10.2. The third kappa shape index (κ3) is 4.16. The van der Waals surface area contributed by atoms with Crippen molar-refractivity contribution in [2.24, 2.45) is 0 Å². The molecule has 1 aromatic heterocycles. The van der Waals surface area contributed by atoms with Gasteiger partial charge >= 0.3 is 5.97 Å². The number of ether oxygens (including phenoxy) is 1. The second-order valence-electron chi connectivity index (χ2n) is 7.43. The molecule has 3 aromatic rings. The Bertz CT molecular complexity index is 1020. The van der Waals surface area contributed by atoms with E-state index in [1.165, 1.54) is 24.1 Å². The number of carboxylic acid groups (broad SMARTS) is 1. The highest BCUT2D eigenvalue weighted by atomic mass is 16.5. The van der Waals surface area contributed by atoms with Crippen LogP contribution in [0.4, 0.5) is 0 Å². The largest absolute Gasteiger partial charge is 0.488 e. The maximum atomic E-state index is 11.5. The van der Waals surface area contributed by atoms with Crippen molar-refractivity contribution in [1.29, 1.82) is 0 Å². The third-order valence-electron chi connectivity index (χ3n) is 5.49. The molecule has 29 heavy (non-hydrogen) atoms. The normalized spacial score (nSPS) is 13.0. The van der Waals surface area contributed by atoms with E-state index in [2.05, 4.69) is 13.0 Å². The Kier molecular flexibility index (Phi) is 5.61. The minimum Gasteiger partial charge on any atom is -0.488 e. The molecule has 0 saturated heterocycles. The van der Waals surface area contributed by atoms with Gasteiger partial charge in [-0.05, 0) is 54.9 Å². The molecular formula is C25H25NO3. The molecule has 0 fully saturated rings. The molecule has 0 unspecified atom stereocenters. The highest BCUT2D eigenvalue weighted by molar-refractivity contribution is 5.95. The zero-order chi connectivity index (χ0) is 20.2. The van der Waals surface area contributed by atoms with E-state index >= 15 is 0 Å². The van der Waals surface area contributed by atoms with Gasteiger partial charge in [0.15, 0.2) is 0 Å². The second kappa shape index (κ2) is 8.48. The van der Waals surface area contributed by atoms with E-state index in [1.54, 1.807) is 12.1 Å². The van der Waals surface area contributed by atoms with Crippen LogP contribution in [0.1, 0.15) is 52.6 Å². The molecule has 1 aliphatic rings. The lowest BCUT2D eigenvalue weighted by molar-refractivity contribution is 0.0697. The Morgan fingerprint density at radius 3 is 2.59 bits per heavy atom. The fourth-order valence-electron chi connectivity index (χ4n) is 3.90. The molecule has 1 N–H and O–H groups in total. The number of aryl methyl sites for hydroxylation is 2. The second-order valence-corrected chi connectivity index (χ2v) is 7.43. The standard InChI is InChI=1S/C25H25NO3/c1-2-19-15-24(22-9-5-6-10-23(22)26-19)29-16-17-11-13-18(14-12-17)20-7-3-4-8-21(20)25(27)28/h3-4,7-8,11-15H,2,5-6,9-10,16H2,1H3,(H,27,28). The molecule has 0 aliphatic heterocycles. The van der Waals surface area contributed by atoms with Crippen molar-refractivity contribution in [2.75, 3.05) is 0 Å². The van der Waals surface area contributed by atoms with Crippen LogP contribution in [0.5, 0.6) is 5.75 Å². The number of hydrogen-bond donors (Lipinski definition) is 1. The van der Waals surface area contributed by atoms with E-state index < -0.39 is 5.97 Å². The van der Waals surface area contributed by atoms with Crippen molar-refractivity contribution < 1.29 is 14.6 Å². The molecule has 4 rings (SSSR count). The molecule has 148 valence electrons. The molecule has 1 heterocycles. The monoisotopic (exact) mass is 387 g/mol. The van der Waals surface area contributed by atoms with Gasteiger partial charge in [-0.15, -0.1) is 0 Å². The van der Waals surface area contributed by atoms with Gasteiger partial charge in [0, 0.05) is 23.0 Å². The van der Waals surface area contributed by atoms with Crippen LogP contribution < -0.4 is 4.74 Å². The molecule has 0 amide bonds. The van der Waals surface area contributed by atoms with Gasteiger partial charge in [0.05, 0.1) is 5.56 Å². The highest BCUT2D eigenvalue weighted by Crippen LogP contribution is 2.30. The summed E-state index contributed by atoms with van der Waals surface area (Å²) in [5.41, 5.74) is 6.53.